The van der Waals surface area contributed by atoms with Gasteiger partial charge >= 0.3 is 0 Å². The van der Waals surface area contributed by atoms with E-state index in [9.17, 15) is 0 Å². The maximum Gasteiger partial charge on any atom is 0.193 e. The number of guanidine groups is 1. The van der Waals surface area contributed by atoms with Gasteiger partial charge in [-0.05, 0) is 68.8 Å². The van der Waals surface area contributed by atoms with E-state index >= 15 is 0 Å². The zero-order valence-corrected chi connectivity index (χ0v) is 16.3. The van der Waals surface area contributed by atoms with Gasteiger partial charge in [-0.3, -0.25) is 4.99 Å². The summed E-state index contributed by atoms with van der Waals surface area (Å²) < 4.78 is 0. The largest absolute Gasteiger partial charge is 0.370 e. The molecule has 1 aromatic carbocycles. The third-order valence-corrected chi connectivity index (χ3v) is 5.74. The third-order valence-electron chi connectivity index (χ3n) is 5.74. The van der Waals surface area contributed by atoms with Crippen LogP contribution in [0.25, 0.3) is 0 Å². The van der Waals surface area contributed by atoms with Crippen LogP contribution < -0.4 is 11.1 Å². The summed E-state index contributed by atoms with van der Waals surface area (Å²) >= 11 is 0. The molecule has 3 rings (SSSR count). The number of unbranched alkanes of at least 4 members (excludes halogenated alkanes) is 1. The summed E-state index contributed by atoms with van der Waals surface area (Å²) in [6.45, 7) is 10.3. The van der Waals surface area contributed by atoms with E-state index in [4.69, 9.17) is 5.73 Å². The van der Waals surface area contributed by atoms with Crippen LogP contribution in [-0.4, -0.2) is 61.6 Å². The van der Waals surface area contributed by atoms with E-state index in [1.807, 2.05) is 0 Å². The fourth-order valence-corrected chi connectivity index (χ4v) is 4.05. The quantitative estimate of drug-likeness (QED) is 0.448. The molecule has 1 aliphatic heterocycles. The lowest BCUT2D eigenvalue weighted by atomic mass is 9.90. The van der Waals surface area contributed by atoms with Crippen molar-refractivity contribution in [2.45, 2.75) is 45.4 Å². The van der Waals surface area contributed by atoms with Crippen LogP contribution in [0.2, 0.25) is 0 Å². The van der Waals surface area contributed by atoms with Crippen LogP contribution >= 0.6 is 0 Å². The highest BCUT2D eigenvalue weighted by Gasteiger charge is 2.15. The van der Waals surface area contributed by atoms with Crippen molar-refractivity contribution in [1.82, 2.24) is 9.80 Å². The van der Waals surface area contributed by atoms with Gasteiger partial charge in [-0.2, -0.15) is 0 Å². The van der Waals surface area contributed by atoms with Gasteiger partial charge in [-0.15, -0.1) is 0 Å². The lowest BCUT2D eigenvalue weighted by molar-refractivity contribution is 0.136. The SMILES string of the molecule is CCN1CCN(CCCCN=C(N)Nc2cccc3c2CCCC3)CC1. The zero-order chi connectivity index (χ0) is 18.2. The number of piperazine rings is 1. The number of hydrogen-bond donors (Lipinski definition) is 2. The van der Waals surface area contributed by atoms with E-state index in [2.05, 4.69) is 45.2 Å². The van der Waals surface area contributed by atoms with Crippen LogP contribution in [0.15, 0.2) is 23.2 Å². The highest BCUT2D eigenvalue weighted by Crippen LogP contribution is 2.27. The number of anilines is 1. The Kier molecular flexibility index (Phi) is 7.32. The molecule has 144 valence electrons. The molecule has 1 fully saturated rings. The Bertz CT molecular complexity index is 590. The molecule has 0 bridgehead atoms. The van der Waals surface area contributed by atoms with E-state index in [-0.39, 0.29) is 0 Å². The van der Waals surface area contributed by atoms with Gasteiger partial charge in [0.25, 0.3) is 0 Å². The molecule has 5 heteroatoms. The molecule has 1 aromatic rings. The van der Waals surface area contributed by atoms with E-state index < -0.39 is 0 Å². The molecule has 0 radical (unpaired) electrons. The minimum absolute atomic E-state index is 0.556. The van der Waals surface area contributed by atoms with Crippen molar-refractivity contribution in [3.8, 4) is 0 Å². The van der Waals surface area contributed by atoms with Crippen LogP contribution in [-0.2, 0) is 12.8 Å². The molecular weight excluding hydrogens is 322 g/mol. The first-order valence-corrected chi connectivity index (χ1v) is 10.4. The summed E-state index contributed by atoms with van der Waals surface area (Å²) in [7, 11) is 0. The van der Waals surface area contributed by atoms with Crippen LogP contribution in [0.5, 0.6) is 0 Å². The number of nitrogens with one attached hydrogen (secondary N) is 1. The number of likely N-dealkylation sites (N-methyl/N-ethyl adjacent to an activating group) is 1. The van der Waals surface area contributed by atoms with Gasteiger partial charge in [0, 0.05) is 38.4 Å². The van der Waals surface area contributed by atoms with Crippen LogP contribution in [0.3, 0.4) is 0 Å². The number of aryl methyl sites for hydroxylation is 1. The van der Waals surface area contributed by atoms with E-state index in [0.29, 0.717) is 5.96 Å². The predicted octanol–water partition coefficient (Wildman–Crippen LogP) is 2.71. The van der Waals surface area contributed by atoms with Crippen LogP contribution in [0.1, 0.15) is 43.7 Å². The first-order chi connectivity index (χ1) is 12.8. The van der Waals surface area contributed by atoms with E-state index in [0.717, 1.165) is 25.1 Å². The Balaban J connectivity index is 1.37. The molecule has 0 atom stereocenters. The third kappa shape index (κ3) is 5.45. The number of aliphatic imine (C=N–C) groups is 1. The lowest BCUT2D eigenvalue weighted by Crippen LogP contribution is -2.46. The summed E-state index contributed by atoms with van der Waals surface area (Å²) in [5.74, 6) is 0.556. The first-order valence-electron chi connectivity index (χ1n) is 10.4. The van der Waals surface area contributed by atoms with Gasteiger partial charge in [-0.25, -0.2) is 0 Å². The average Bonchev–Trinajstić information content (AvgIpc) is 2.68. The highest BCUT2D eigenvalue weighted by molar-refractivity contribution is 5.93. The number of fused-ring (bicyclic) bond motifs is 1. The van der Waals surface area contributed by atoms with Crippen molar-refractivity contribution in [2.75, 3.05) is 51.1 Å². The molecule has 0 amide bonds. The fourth-order valence-electron chi connectivity index (χ4n) is 4.05. The standard InChI is InChI=1S/C21H35N5/c1-2-25-14-16-26(17-15-25)13-6-5-12-23-21(22)24-20-11-7-9-18-8-3-4-10-19(18)20/h7,9,11H,2-6,8,10,12-17H2,1H3,(H3,22,23,24). The minimum Gasteiger partial charge on any atom is -0.370 e. The minimum atomic E-state index is 0.556. The van der Waals surface area contributed by atoms with Crippen molar-refractivity contribution in [1.29, 1.82) is 0 Å². The maximum absolute atomic E-state index is 6.12. The summed E-state index contributed by atoms with van der Waals surface area (Å²) in [6, 6.07) is 6.49. The molecule has 26 heavy (non-hydrogen) atoms. The average molecular weight is 358 g/mol. The highest BCUT2D eigenvalue weighted by atomic mass is 15.3. The Morgan fingerprint density at radius 2 is 1.85 bits per heavy atom. The molecule has 1 saturated heterocycles. The second-order valence-electron chi connectivity index (χ2n) is 7.53. The molecule has 0 aromatic heterocycles. The Labute approximate surface area is 158 Å². The number of benzene rings is 1. The van der Waals surface area contributed by atoms with Gasteiger partial charge in [0.15, 0.2) is 5.96 Å². The monoisotopic (exact) mass is 357 g/mol. The van der Waals surface area contributed by atoms with Gasteiger partial charge in [0.2, 0.25) is 0 Å². The predicted molar refractivity (Wildman–Crippen MR) is 111 cm³/mol. The second kappa shape index (κ2) is 9.93. The van der Waals surface area contributed by atoms with Crippen LogP contribution in [0.4, 0.5) is 5.69 Å². The molecule has 3 N–H and O–H groups in total. The van der Waals surface area contributed by atoms with Crippen molar-refractivity contribution in [3.63, 3.8) is 0 Å². The van der Waals surface area contributed by atoms with Gasteiger partial charge < -0.3 is 20.9 Å². The van der Waals surface area contributed by atoms with Crippen molar-refractivity contribution >= 4 is 11.6 Å². The lowest BCUT2D eigenvalue weighted by Gasteiger charge is -2.33. The second-order valence-corrected chi connectivity index (χ2v) is 7.53. The summed E-state index contributed by atoms with van der Waals surface area (Å²) in [5, 5.41) is 3.33. The Morgan fingerprint density at radius 3 is 2.65 bits per heavy atom. The molecule has 0 spiro atoms. The Hall–Kier alpha value is -1.59. The number of hydrogen-bond acceptors (Lipinski definition) is 3. The van der Waals surface area contributed by atoms with Gasteiger partial charge in [0.1, 0.15) is 0 Å². The molecule has 1 heterocycles. The number of nitrogens with two attached hydrogens (primary N) is 1. The summed E-state index contributed by atoms with van der Waals surface area (Å²) in [5.41, 5.74) is 10.2. The molecule has 2 aliphatic rings. The summed E-state index contributed by atoms with van der Waals surface area (Å²) in [6.07, 6.45) is 7.21. The van der Waals surface area contributed by atoms with E-state index in [1.165, 1.54) is 76.1 Å². The Morgan fingerprint density at radius 1 is 1.08 bits per heavy atom. The molecule has 5 nitrogen and oxygen atoms in total. The van der Waals surface area contributed by atoms with E-state index in [1.54, 1.807) is 0 Å². The normalized spacial score (nSPS) is 19.3. The van der Waals surface area contributed by atoms with Crippen molar-refractivity contribution in [2.24, 2.45) is 10.7 Å². The fraction of sp³-hybridized carbons (Fsp3) is 0.667. The van der Waals surface area contributed by atoms with Gasteiger partial charge in [-0.1, -0.05) is 19.1 Å². The molecule has 1 aliphatic carbocycles. The zero-order valence-electron chi connectivity index (χ0n) is 16.3. The number of rotatable bonds is 7. The van der Waals surface area contributed by atoms with Gasteiger partial charge in [0.05, 0.1) is 0 Å². The maximum atomic E-state index is 6.12. The number of nitrogens with zero attached hydrogens (tertiary/aromatic N) is 3. The molecule has 0 saturated carbocycles. The topological polar surface area (TPSA) is 56.9 Å². The molecule has 0 unspecified atom stereocenters. The summed E-state index contributed by atoms with van der Waals surface area (Å²) in [4.78, 5) is 9.63. The molecular formula is C21H35N5. The van der Waals surface area contributed by atoms with Crippen molar-refractivity contribution < 1.29 is 0 Å². The van der Waals surface area contributed by atoms with Crippen molar-refractivity contribution in [3.05, 3.63) is 29.3 Å². The van der Waals surface area contributed by atoms with Crippen LogP contribution in [0, 0.1) is 0 Å². The first kappa shape index (κ1) is 19.2. The smallest absolute Gasteiger partial charge is 0.193 e.